The van der Waals surface area contributed by atoms with Gasteiger partial charge in [0.25, 0.3) is 5.91 Å². The molecule has 2 aliphatic rings. The first-order chi connectivity index (χ1) is 16.3. The SMILES string of the molecule is CC(=O)N1CCC(C(=O)N2CC[C@@H](N(C)C(=O)c3cnc[nH]3)[C@H](c3ccc(Cl)c(Cl)c3)C2)CC1. The number of hydrogen-bond acceptors (Lipinski definition) is 4. The summed E-state index contributed by atoms with van der Waals surface area (Å²) in [5.41, 5.74) is 1.36. The van der Waals surface area contributed by atoms with Gasteiger partial charge in [-0.05, 0) is 37.0 Å². The zero-order valence-electron chi connectivity index (χ0n) is 19.3. The van der Waals surface area contributed by atoms with Gasteiger partial charge < -0.3 is 19.7 Å². The smallest absolute Gasteiger partial charge is 0.271 e. The summed E-state index contributed by atoms with van der Waals surface area (Å²) < 4.78 is 0. The van der Waals surface area contributed by atoms with Crippen molar-refractivity contribution in [2.45, 2.75) is 38.1 Å². The summed E-state index contributed by atoms with van der Waals surface area (Å²) >= 11 is 12.5. The minimum Gasteiger partial charge on any atom is -0.343 e. The Balaban J connectivity index is 1.54. The monoisotopic (exact) mass is 505 g/mol. The van der Waals surface area contributed by atoms with Gasteiger partial charge in [-0.1, -0.05) is 29.3 Å². The maximum atomic E-state index is 13.4. The molecule has 0 aliphatic carbocycles. The standard InChI is InChI=1S/C24H29Cl2N5O3/c1-15(32)30-8-5-16(6-9-30)23(33)31-10-7-22(29(2)24(34)21-12-27-14-28-21)18(13-31)17-3-4-19(25)20(26)11-17/h3-4,11-12,14,16,18,22H,5-10,13H2,1-2H3,(H,27,28)/t18-,22+/m0/s1. The molecule has 3 amide bonds. The van der Waals surface area contributed by atoms with Crippen LogP contribution in [-0.2, 0) is 9.59 Å². The molecule has 1 aromatic heterocycles. The van der Waals surface area contributed by atoms with Gasteiger partial charge in [0, 0.05) is 58.0 Å². The quantitative estimate of drug-likeness (QED) is 0.688. The van der Waals surface area contributed by atoms with Gasteiger partial charge in [0.2, 0.25) is 11.8 Å². The molecule has 0 spiro atoms. The molecule has 0 radical (unpaired) electrons. The maximum absolute atomic E-state index is 13.4. The lowest BCUT2D eigenvalue weighted by atomic mass is 9.84. The molecule has 2 atom stereocenters. The number of likely N-dealkylation sites (tertiary alicyclic amines) is 2. The molecular weight excluding hydrogens is 477 g/mol. The Hall–Kier alpha value is -2.58. The second kappa shape index (κ2) is 10.4. The van der Waals surface area contributed by atoms with E-state index in [0.717, 1.165) is 5.56 Å². The van der Waals surface area contributed by atoms with Crippen LogP contribution in [0.15, 0.2) is 30.7 Å². The van der Waals surface area contributed by atoms with E-state index in [4.69, 9.17) is 23.2 Å². The number of hydrogen-bond donors (Lipinski definition) is 1. The second-order valence-electron chi connectivity index (χ2n) is 9.08. The van der Waals surface area contributed by atoms with Crippen LogP contribution in [0.3, 0.4) is 0 Å². The van der Waals surface area contributed by atoms with Gasteiger partial charge in [-0.25, -0.2) is 4.98 Å². The summed E-state index contributed by atoms with van der Waals surface area (Å²) in [5.74, 6) is -0.192. The van der Waals surface area contributed by atoms with Crippen LogP contribution >= 0.6 is 23.2 Å². The molecule has 2 fully saturated rings. The maximum Gasteiger partial charge on any atom is 0.271 e. The molecule has 34 heavy (non-hydrogen) atoms. The molecule has 2 aromatic rings. The summed E-state index contributed by atoms with van der Waals surface area (Å²) in [6, 6.07) is 5.37. The molecule has 182 valence electrons. The first-order valence-electron chi connectivity index (χ1n) is 11.5. The van der Waals surface area contributed by atoms with E-state index in [9.17, 15) is 14.4 Å². The molecule has 0 unspecified atom stereocenters. The highest BCUT2D eigenvalue weighted by molar-refractivity contribution is 6.42. The Labute approximate surface area is 209 Å². The molecule has 1 aromatic carbocycles. The number of amides is 3. The molecule has 1 N–H and O–H groups in total. The van der Waals surface area contributed by atoms with Crippen molar-refractivity contribution in [3.05, 3.63) is 52.0 Å². The van der Waals surface area contributed by atoms with Gasteiger partial charge in [-0.3, -0.25) is 14.4 Å². The van der Waals surface area contributed by atoms with Crippen molar-refractivity contribution in [1.82, 2.24) is 24.7 Å². The van der Waals surface area contributed by atoms with Crippen LogP contribution in [0.4, 0.5) is 0 Å². The van der Waals surface area contributed by atoms with Crippen molar-refractivity contribution in [2.75, 3.05) is 33.2 Å². The number of nitrogens with one attached hydrogen (secondary N) is 1. The summed E-state index contributed by atoms with van der Waals surface area (Å²) in [6.07, 6.45) is 4.98. The Bertz CT molecular complexity index is 1050. The zero-order chi connectivity index (χ0) is 24.4. The fourth-order valence-electron chi connectivity index (χ4n) is 5.09. The van der Waals surface area contributed by atoms with E-state index >= 15 is 0 Å². The minimum absolute atomic E-state index is 0.0522. The Morgan fingerprint density at radius 3 is 2.38 bits per heavy atom. The van der Waals surface area contributed by atoms with E-state index in [-0.39, 0.29) is 35.6 Å². The third kappa shape index (κ3) is 5.08. The van der Waals surface area contributed by atoms with Crippen LogP contribution in [0.1, 0.15) is 48.2 Å². The minimum atomic E-state index is -0.149. The van der Waals surface area contributed by atoms with Gasteiger partial charge in [0.15, 0.2) is 0 Å². The van der Waals surface area contributed by atoms with Crippen molar-refractivity contribution in [2.24, 2.45) is 5.92 Å². The lowest BCUT2D eigenvalue weighted by Crippen LogP contribution is -2.53. The number of aromatic amines is 1. The van der Waals surface area contributed by atoms with Crippen LogP contribution < -0.4 is 0 Å². The molecule has 2 saturated heterocycles. The van der Waals surface area contributed by atoms with E-state index in [1.54, 1.807) is 29.8 Å². The van der Waals surface area contributed by atoms with Crippen LogP contribution in [0.25, 0.3) is 0 Å². The molecule has 0 saturated carbocycles. The Morgan fingerprint density at radius 1 is 1.06 bits per heavy atom. The van der Waals surface area contributed by atoms with Gasteiger partial charge in [-0.15, -0.1) is 0 Å². The van der Waals surface area contributed by atoms with E-state index in [0.29, 0.717) is 61.2 Å². The Morgan fingerprint density at radius 2 is 1.76 bits per heavy atom. The number of carbonyl (C=O) groups excluding carboxylic acids is 3. The number of nitrogens with zero attached hydrogens (tertiary/aromatic N) is 4. The molecule has 10 heteroatoms. The number of piperidine rings is 2. The van der Waals surface area contributed by atoms with Crippen LogP contribution in [-0.4, -0.2) is 81.7 Å². The van der Waals surface area contributed by atoms with Gasteiger partial charge in [0.05, 0.1) is 22.6 Å². The predicted molar refractivity (Wildman–Crippen MR) is 130 cm³/mol. The number of likely N-dealkylation sites (N-methyl/N-ethyl adjacent to an activating group) is 1. The highest BCUT2D eigenvalue weighted by Gasteiger charge is 2.39. The van der Waals surface area contributed by atoms with Crippen LogP contribution in [0.2, 0.25) is 10.0 Å². The van der Waals surface area contributed by atoms with Gasteiger partial charge >= 0.3 is 0 Å². The number of imidazole rings is 1. The number of carbonyl (C=O) groups is 3. The fraction of sp³-hybridized carbons (Fsp3) is 0.500. The highest BCUT2D eigenvalue weighted by atomic mass is 35.5. The molecule has 2 aliphatic heterocycles. The van der Waals surface area contributed by atoms with Crippen molar-refractivity contribution < 1.29 is 14.4 Å². The predicted octanol–water partition coefficient (Wildman–Crippen LogP) is 3.43. The van der Waals surface area contributed by atoms with Crippen molar-refractivity contribution in [3.63, 3.8) is 0 Å². The number of rotatable bonds is 4. The largest absolute Gasteiger partial charge is 0.343 e. The molecule has 0 bridgehead atoms. The van der Waals surface area contributed by atoms with Crippen molar-refractivity contribution in [3.8, 4) is 0 Å². The Kier molecular flexibility index (Phi) is 7.48. The highest BCUT2D eigenvalue weighted by Crippen LogP contribution is 2.35. The summed E-state index contributed by atoms with van der Waals surface area (Å²) in [5, 5.41) is 0.908. The average molecular weight is 506 g/mol. The average Bonchev–Trinajstić information content (AvgIpc) is 3.39. The lowest BCUT2D eigenvalue weighted by Gasteiger charge is -2.44. The third-order valence-electron chi connectivity index (χ3n) is 7.10. The topological polar surface area (TPSA) is 89.6 Å². The van der Waals surface area contributed by atoms with Gasteiger partial charge in [-0.2, -0.15) is 0 Å². The van der Waals surface area contributed by atoms with Crippen LogP contribution in [0.5, 0.6) is 0 Å². The fourth-order valence-corrected chi connectivity index (χ4v) is 5.39. The lowest BCUT2D eigenvalue weighted by molar-refractivity contribution is -0.141. The molecular formula is C24H29Cl2N5O3. The molecule has 8 nitrogen and oxygen atoms in total. The second-order valence-corrected chi connectivity index (χ2v) is 9.90. The van der Waals surface area contributed by atoms with Crippen molar-refractivity contribution in [1.29, 1.82) is 0 Å². The first-order valence-corrected chi connectivity index (χ1v) is 12.3. The van der Waals surface area contributed by atoms with E-state index in [1.165, 1.54) is 12.5 Å². The van der Waals surface area contributed by atoms with Gasteiger partial charge in [0.1, 0.15) is 5.69 Å². The van der Waals surface area contributed by atoms with Crippen molar-refractivity contribution >= 4 is 40.9 Å². The molecule has 3 heterocycles. The number of benzene rings is 1. The summed E-state index contributed by atoms with van der Waals surface area (Å²) in [4.78, 5) is 50.4. The van der Waals surface area contributed by atoms with Crippen LogP contribution in [0, 0.1) is 5.92 Å². The summed E-state index contributed by atoms with van der Waals surface area (Å²) in [6.45, 7) is 3.83. The zero-order valence-corrected chi connectivity index (χ0v) is 20.8. The summed E-state index contributed by atoms with van der Waals surface area (Å²) in [7, 11) is 1.79. The number of halogens is 2. The normalized spacial score (nSPS) is 21.4. The molecule has 4 rings (SSSR count). The van der Waals surface area contributed by atoms with E-state index in [1.807, 2.05) is 17.0 Å². The first kappa shape index (κ1) is 24.5. The van der Waals surface area contributed by atoms with E-state index < -0.39 is 0 Å². The number of aromatic nitrogens is 2. The van der Waals surface area contributed by atoms with E-state index in [2.05, 4.69) is 9.97 Å². The number of H-pyrrole nitrogens is 1. The third-order valence-corrected chi connectivity index (χ3v) is 7.83.